The molecule has 25 heavy (non-hydrogen) atoms. The molecule has 1 fully saturated rings. The molecule has 2 aromatic carbocycles. The van der Waals surface area contributed by atoms with Crippen LogP contribution in [0.2, 0.25) is 5.02 Å². The summed E-state index contributed by atoms with van der Waals surface area (Å²) >= 11 is 5.95. The molecule has 1 aliphatic rings. The summed E-state index contributed by atoms with van der Waals surface area (Å²) in [5.74, 6) is 0.675. The van der Waals surface area contributed by atoms with Crippen LogP contribution in [0.4, 0.5) is 0 Å². The average molecular weight is 361 g/mol. The fourth-order valence-corrected chi connectivity index (χ4v) is 2.94. The lowest BCUT2D eigenvalue weighted by Gasteiger charge is -2.11. The number of rotatable bonds is 6. The van der Waals surface area contributed by atoms with E-state index in [0.717, 1.165) is 16.9 Å². The first-order valence-corrected chi connectivity index (χ1v) is 8.63. The highest BCUT2D eigenvalue weighted by molar-refractivity contribution is 6.30. The van der Waals surface area contributed by atoms with Crippen molar-refractivity contribution in [2.75, 3.05) is 6.54 Å². The Morgan fingerprint density at radius 2 is 2.04 bits per heavy atom. The molecule has 0 radical (unpaired) electrons. The topological polar surface area (TPSA) is 70.6 Å². The van der Waals surface area contributed by atoms with Gasteiger partial charge in [0, 0.05) is 18.1 Å². The second-order valence-corrected chi connectivity index (χ2v) is 6.57. The van der Waals surface area contributed by atoms with E-state index in [4.69, 9.17) is 16.3 Å². The standard InChI is InChI=1S/C19H21ClN2O3/c20-15-3-1-2-14(8-15)12-25-17-6-4-13(5-7-17)10-22-19(24)18-9-16(23)11-21-18/h1-8,16,18,21,23H,9-12H2,(H,22,24)/t16?,18-/m0/s1. The summed E-state index contributed by atoms with van der Waals surface area (Å²) in [5, 5.41) is 16.0. The number of carbonyl (C=O) groups excluding carboxylic acids is 1. The zero-order valence-corrected chi connectivity index (χ0v) is 14.5. The molecule has 2 atom stereocenters. The van der Waals surface area contributed by atoms with Gasteiger partial charge in [0.2, 0.25) is 5.91 Å². The predicted octanol–water partition coefficient (Wildman–Crippen LogP) is 2.26. The Labute approximate surface area is 152 Å². The number of ether oxygens (including phenoxy) is 1. The second-order valence-electron chi connectivity index (χ2n) is 6.13. The highest BCUT2D eigenvalue weighted by Gasteiger charge is 2.27. The minimum absolute atomic E-state index is 0.0853. The SMILES string of the molecule is O=C(NCc1ccc(OCc2cccc(Cl)c2)cc1)[C@@H]1CC(O)CN1. The number of hydrogen-bond acceptors (Lipinski definition) is 4. The van der Waals surface area contributed by atoms with Crippen molar-refractivity contribution >= 4 is 17.5 Å². The molecule has 0 spiro atoms. The molecule has 0 saturated carbocycles. The molecule has 2 aromatic rings. The van der Waals surface area contributed by atoms with Gasteiger partial charge in [0.25, 0.3) is 0 Å². The molecule has 1 unspecified atom stereocenters. The molecule has 3 rings (SSSR count). The first-order chi connectivity index (χ1) is 12.1. The summed E-state index contributed by atoms with van der Waals surface area (Å²) in [6.45, 7) is 1.37. The molecule has 5 nitrogen and oxygen atoms in total. The van der Waals surface area contributed by atoms with Gasteiger partial charge in [0.15, 0.2) is 0 Å². The smallest absolute Gasteiger partial charge is 0.237 e. The Bertz CT molecular complexity index is 721. The van der Waals surface area contributed by atoms with E-state index >= 15 is 0 Å². The van der Waals surface area contributed by atoms with E-state index in [2.05, 4.69) is 10.6 Å². The molecule has 132 valence electrons. The minimum Gasteiger partial charge on any atom is -0.489 e. The number of halogens is 1. The van der Waals surface area contributed by atoms with Crippen LogP contribution in [0.15, 0.2) is 48.5 Å². The van der Waals surface area contributed by atoms with Crippen LogP contribution in [0.5, 0.6) is 5.75 Å². The van der Waals surface area contributed by atoms with Gasteiger partial charge in [-0.25, -0.2) is 0 Å². The van der Waals surface area contributed by atoms with E-state index in [1.807, 2.05) is 48.5 Å². The molecule has 0 bridgehead atoms. The molecule has 1 heterocycles. The third kappa shape index (κ3) is 5.19. The molecule has 3 N–H and O–H groups in total. The van der Waals surface area contributed by atoms with Crippen molar-refractivity contribution in [3.63, 3.8) is 0 Å². The third-order valence-corrected chi connectivity index (χ3v) is 4.34. The van der Waals surface area contributed by atoms with Crippen molar-refractivity contribution in [2.24, 2.45) is 0 Å². The predicted molar refractivity (Wildman–Crippen MR) is 96.5 cm³/mol. The molecule has 0 aromatic heterocycles. The molecule has 6 heteroatoms. The maximum absolute atomic E-state index is 12.0. The summed E-state index contributed by atoms with van der Waals surface area (Å²) in [6.07, 6.45) is 0.0222. The van der Waals surface area contributed by atoms with Gasteiger partial charge in [0.1, 0.15) is 12.4 Å². The monoisotopic (exact) mass is 360 g/mol. The van der Waals surface area contributed by atoms with E-state index in [1.54, 1.807) is 0 Å². The van der Waals surface area contributed by atoms with Crippen LogP contribution in [0.25, 0.3) is 0 Å². The summed E-state index contributed by atoms with van der Waals surface area (Å²) in [7, 11) is 0. The van der Waals surface area contributed by atoms with Crippen molar-refractivity contribution in [3.8, 4) is 5.75 Å². The molecule has 1 aliphatic heterocycles. The largest absolute Gasteiger partial charge is 0.489 e. The normalized spacial score (nSPS) is 19.6. The van der Waals surface area contributed by atoms with Crippen molar-refractivity contribution in [1.29, 1.82) is 0 Å². The van der Waals surface area contributed by atoms with Crippen LogP contribution in [-0.4, -0.2) is 29.7 Å². The van der Waals surface area contributed by atoms with Gasteiger partial charge >= 0.3 is 0 Å². The fraction of sp³-hybridized carbons (Fsp3) is 0.316. The van der Waals surface area contributed by atoms with Crippen molar-refractivity contribution in [2.45, 2.75) is 31.7 Å². The zero-order chi connectivity index (χ0) is 17.6. The first kappa shape index (κ1) is 17.7. The van der Waals surface area contributed by atoms with Gasteiger partial charge in [-0.1, -0.05) is 35.9 Å². The van der Waals surface area contributed by atoms with Crippen molar-refractivity contribution in [1.82, 2.24) is 10.6 Å². The Hall–Kier alpha value is -2.08. The third-order valence-electron chi connectivity index (χ3n) is 4.11. The number of benzene rings is 2. The quantitative estimate of drug-likeness (QED) is 0.739. The molecular formula is C19H21ClN2O3. The van der Waals surface area contributed by atoms with E-state index in [9.17, 15) is 9.90 Å². The lowest BCUT2D eigenvalue weighted by molar-refractivity contribution is -0.123. The van der Waals surface area contributed by atoms with Gasteiger partial charge in [-0.15, -0.1) is 0 Å². The number of hydrogen-bond donors (Lipinski definition) is 3. The number of nitrogens with one attached hydrogen (secondary N) is 2. The Morgan fingerprint density at radius 3 is 2.72 bits per heavy atom. The lowest BCUT2D eigenvalue weighted by atomic mass is 10.1. The van der Waals surface area contributed by atoms with Crippen LogP contribution in [0.1, 0.15) is 17.5 Å². The number of amides is 1. The molecular weight excluding hydrogens is 340 g/mol. The molecule has 0 aliphatic carbocycles. The molecule has 1 amide bonds. The van der Waals surface area contributed by atoms with E-state index in [-0.39, 0.29) is 11.9 Å². The number of carbonyl (C=O) groups is 1. The lowest BCUT2D eigenvalue weighted by Crippen LogP contribution is -2.39. The number of β-amino-alcohol motifs (C(OH)–C–C–N with tert-alkyl or cyclic N) is 1. The Kier molecular flexibility index (Phi) is 5.91. The van der Waals surface area contributed by atoms with Crippen LogP contribution in [0.3, 0.4) is 0 Å². The van der Waals surface area contributed by atoms with E-state index < -0.39 is 6.10 Å². The van der Waals surface area contributed by atoms with Gasteiger partial charge in [0.05, 0.1) is 12.1 Å². The summed E-state index contributed by atoms with van der Waals surface area (Å²) in [6, 6.07) is 14.8. The Morgan fingerprint density at radius 1 is 1.24 bits per heavy atom. The van der Waals surface area contributed by atoms with Crippen LogP contribution < -0.4 is 15.4 Å². The summed E-state index contributed by atoms with van der Waals surface area (Å²) in [4.78, 5) is 12.0. The maximum Gasteiger partial charge on any atom is 0.237 e. The van der Waals surface area contributed by atoms with Crippen molar-refractivity contribution < 1.29 is 14.6 Å². The molecule has 1 saturated heterocycles. The van der Waals surface area contributed by atoms with Gasteiger partial charge in [-0.3, -0.25) is 4.79 Å². The van der Waals surface area contributed by atoms with Crippen molar-refractivity contribution in [3.05, 3.63) is 64.7 Å². The van der Waals surface area contributed by atoms with Gasteiger partial charge in [-0.05, 0) is 41.8 Å². The van der Waals surface area contributed by atoms with Crippen LogP contribution in [-0.2, 0) is 17.9 Å². The highest BCUT2D eigenvalue weighted by atomic mass is 35.5. The first-order valence-electron chi connectivity index (χ1n) is 8.25. The summed E-state index contributed by atoms with van der Waals surface area (Å²) in [5.41, 5.74) is 2.00. The Balaban J connectivity index is 1.46. The number of aliphatic hydroxyl groups is 1. The highest BCUT2D eigenvalue weighted by Crippen LogP contribution is 2.16. The zero-order valence-electron chi connectivity index (χ0n) is 13.7. The van der Waals surface area contributed by atoms with Gasteiger partial charge in [-0.2, -0.15) is 0 Å². The van der Waals surface area contributed by atoms with E-state index in [1.165, 1.54) is 0 Å². The maximum atomic E-state index is 12.0. The fourth-order valence-electron chi connectivity index (χ4n) is 2.73. The van der Waals surface area contributed by atoms with Crippen LogP contribution >= 0.6 is 11.6 Å². The second kappa shape index (κ2) is 8.34. The summed E-state index contributed by atoms with van der Waals surface area (Å²) < 4.78 is 5.74. The number of aliphatic hydroxyl groups excluding tert-OH is 1. The van der Waals surface area contributed by atoms with E-state index in [0.29, 0.717) is 31.1 Å². The minimum atomic E-state index is -0.438. The van der Waals surface area contributed by atoms with Gasteiger partial charge < -0.3 is 20.5 Å². The van der Waals surface area contributed by atoms with Crippen LogP contribution in [0, 0.1) is 0 Å². The average Bonchev–Trinajstić information content (AvgIpc) is 3.05.